The van der Waals surface area contributed by atoms with E-state index in [4.69, 9.17) is 0 Å². The number of hydrogen-bond donors (Lipinski definition) is 1. The Hall–Kier alpha value is -2.61. The van der Waals surface area contributed by atoms with E-state index in [1.165, 1.54) is 27.1 Å². The van der Waals surface area contributed by atoms with E-state index < -0.39 is 17.5 Å². The van der Waals surface area contributed by atoms with E-state index in [0.717, 1.165) is 43.0 Å². The van der Waals surface area contributed by atoms with Gasteiger partial charge in [0.25, 0.3) is 5.56 Å². The molecular weight excluding hydrogens is 348 g/mol. The summed E-state index contributed by atoms with van der Waals surface area (Å²) in [5.74, 6) is -2.03. The predicted molar refractivity (Wildman–Crippen MR) is 90.9 cm³/mol. The lowest BCUT2D eigenvalue weighted by atomic mass is 10.2. The maximum atomic E-state index is 13.6. The second kappa shape index (κ2) is 6.03. The highest BCUT2D eigenvalue weighted by Crippen LogP contribution is 2.34. The van der Waals surface area contributed by atoms with Crippen LogP contribution in [0.2, 0.25) is 0 Å². The smallest absolute Gasteiger partial charge is 0.262 e. The molecule has 25 heavy (non-hydrogen) atoms. The van der Waals surface area contributed by atoms with E-state index in [0.29, 0.717) is 10.2 Å². The van der Waals surface area contributed by atoms with Crippen LogP contribution in [0, 0.1) is 11.6 Å². The summed E-state index contributed by atoms with van der Waals surface area (Å²) in [6.07, 6.45) is 4.13. The van der Waals surface area contributed by atoms with Crippen molar-refractivity contribution in [1.82, 2.24) is 9.55 Å². The van der Waals surface area contributed by atoms with Crippen molar-refractivity contribution in [2.24, 2.45) is 0 Å². The zero-order valence-corrected chi connectivity index (χ0v) is 13.8. The van der Waals surface area contributed by atoms with Crippen LogP contribution in [0.25, 0.3) is 10.2 Å². The first kappa shape index (κ1) is 15.9. The third kappa shape index (κ3) is 2.82. The van der Waals surface area contributed by atoms with Gasteiger partial charge in [-0.15, -0.1) is 11.3 Å². The quantitative estimate of drug-likeness (QED) is 0.780. The van der Waals surface area contributed by atoms with Gasteiger partial charge in [-0.25, -0.2) is 13.8 Å². The molecule has 0 saturated carbocycles. The van der Waals surface area contributed by atoms with E-state index in [2.05, 4.69) is 10.3 Å². The number of fused-ring (bicyclic) bond motifs is 3. The van der Waals surface area contributed by atoms with Gasteiger partial charge in [0, 0.05) is 10.9 Å². The minimum atomic E-state index is -0.744. The first-order valence-electron chi connectivity index (χ1n) is 7.77. The van der Waals surface area contributed by atoms with E-state index >= 15 is 0 Å². The van der Waals surface area contributed by atoms with Crippen molar-refractivity contribution in [1.29, 1.82) is 0 Å². The second-order valence-electron chi connectivity index (χ2n) is 5.89. The normalized spacial score (nSPS) is 13.2. The summed E-state index contributed by atoms with van der Waals surface area (Å²) in [7, 11) is 0. The molecule has 1 N–H and O–H groups in total. The standard InChI is InChI=1S/C17H13F2N3O2S/c18-9-4-5-11(19)12(6-9)21-14(23)7-22-8-20-16-15(17(22)24)10-2-1-3-13(10)25-16/h4-6,8H,1-3,7H2,(H,21,23). The van der Waals surface area contributed by atoms with Crippen LogP contribution < -0.4 is 10.9 Å². The van der Waals surface area contributed by atoms with Crippen LogP contribution in [-0.4, -0.2) is 15.5 Å². The molecule has 0 radical (unpaired) electrons. The van der Waals surface area contributed by atoms with E-state index in [1.54, 1.807) is 0 Å². The van der Waals surface area contributed by atoms with Crippen LogP contribution in [0.4, 0.5) is 14.5 Å². The van der Waals surface area contributed by atoms with E-state index in [9.17, 15) is 18.4 Å². The molecule has 1 aromatic carbocycles. The Labute approximate surface area is 144 Å². The van der Waals surface area contributed by atoms with E-state index in [-0.39, 0.29) is 17.8 Å². The van der Waals surface area contributed by atoms with Gasteiger partial charge in [0.2, 0.25) is 5.91 Å². The summed E-state index contributed by atoms with van der Waals surface area (Å²) < 4.78 is 28.0. The molecule has 4 rings (SSSR count). The molecule has 1 aliphatic carbocycles. The average molecular weight is 361 g/mol. The Bertz CT molecular complexity index is 1060. The molecule has 0 saturated heterocycles. The van der Waals surface area contributed by atoms with Gasteiger partial charge in [-0.05, 0) is 37.0 Å². The molecule has 1 amide bonds. The third-order valence-corrected chi connectivity index (χ3v) is 5.41. The van der Waals surface area contributed by atoms with Crippen LogP contribution in [0.3, 0.4) is 0 Å². The molecule has 0 spiro atoms. The lowest BCUT2D eigenvalue weighted by Crippen LogP contribution is -2.28. The van der Waals surface area contributed by atoms with Crippen LogP contribution in [-0.2, 0) is 24.2 Å². The number of anilines is 1. The second-order valence-corrected chi connectivity index (χ2v) is 6.97. The number of aryl methyl sites for hydroxylation is 2. The van der Waals surface area contributed by atoms with Crippen molar-refractivity contribution in [3.05, 3.63) is 57.0 Å². The summed E-state index contributed by atoms with van der Waals surface area (Å²) in [5.41, 5.74) is 0.492. The van der Waals surface area contributed by atoms with Crippen molar-refractivity contribution in [2.45, 2.75) is 25.8 Å². The number of rotatable bonds is 3. The number of nitrogens with zero attached hydrogens (tertiary/aromatic N) is 2. The number of hydrogen-bond acceptors (Lipinski definition) is 4. The summed E-state index contributed by atoms with van der Waals surface area (Å²) in [4.78, 5) is 30.9. The molecule has 5 nitrogen and oxygen atoms in total. The number of halogens is 2. The monoisotopic (exact) mass is 361 g/mol. The number of benzene rings is 1. The summed E-state index contributed by atoms with van der Waals surface area (Å²) in [6.45, 7) is -0.317. The van der Waals surface area contributed by atoms with Crippen molar-refractivity contribution >= 4 is 33.1 Å². The third-order valence-electron chi connectivity index (χ3n) is 4.21. The Morgan fingerprint density at radius 1 is 1.32 bits per heavy atom. The van der Waals surface area contributed by atoms with Gasteiger partial charge in [0.05, 0.1) is 17.4 Å². The van der Waals surface area contributed by atoms with Crippen LogP contribution in [0.5, 0.6) is 0 Å². The highest BCUT2D eigenvalue weighted by Gasteiger charge is 2.21. The molecule has 0 atom stereocenters. The number of carbonyl (C=O) groups excluding carboxylic acids is 1. The van der Waals surface area contributed by atoms with Crippen LogP contribution >= 0.6 is 11.3 Å². The Balaban J connectivity index is 1.62. The average Bonchev–Trinajstić information content (AvgIpc) is 3.14. The van der Waals surface area contributed by atoms with Gasteiger partial charge in [0.15, 0.2) is 0 Å². The molecule has 0 unspecified atom stereocenters. The number of amides is 1. The molecule has 2 aromatic heterocycles. The van der Waals surface area contributed by atoms with Gasteiger partial charge in [-0.2, -0.15) is 0 Å². The first-order valence-corrected chi connectivity index (χ1v) is 8.59. The minimum absolute atomic E-state index is 0.261. The number of thiophene rings is 1. The number of aromatic nitrogens is 2. The lowest BCUT2D eigenvalue weighted by Gasteiger charge is -2.08. The first-order chi connectivity index (χ1) is 12.0. The van der Waals surface area contributed by atoms with Gasteiger partial charge in [0.1, 0.15) is 23.0 Å². The lowest BCUT2D eigenvalue weighted by molar-refractivity contribution is -0.116. The Morgan fingerprint density at radius 2 is 2.16 bits per heavy atom. The summed E-state index contributed by atoms with van der Waals surface area (Å²) >= 11 is 1.52. The SMILES string of the molecule is O=C(Cn1cnc2sc3c(c2c1=O)CCC3)Nc1cc(F)ccc1F. The largest absolute Gasteiger partial charge is 0.322 e. The van der Waals surface area contributed by atoms with Crippen LogP contribution in [0.15, 0.2) is 29.3 Å². The van der Waals surface area contributed by atoms with Gasteiger partial charge in [-0.3, -0.25) is 14.2 Å². The van der Waals surface area contributed by atoms with Crippen LogP contribution in [0.1, 0.15) is 16.9 Å². The molecule has 0 fully saturated rings. The highest BCUT2D eigenvalue weighted by molar-refractivity contribution is 7.18. The highest BCUT2D eigenvalue weighted by atomic mass is 32.1. The molecule has 0 aliphatic heterocycles. The maximum Gasteiger partial charge on any atom is 0.262 e. The molecule has 8 heteroatoms. The molecule has 1 aliphatic rings. The maximum absolute atomic E-state index is 13.6. The Morgan fingerprint density at radius 3 is 3.00 bits per heavy atom. The zero-order chi connectivity index (χ0) is 17.6. The molecular formula is C17H13F2N3O2S. The summed E-state index contributed by atoms with van der Waals surface area (Å²) in [5, 5.41) is 2.86. The number of carbonyl (C=O) groups is 1. The van der Waals surface area contributed by atoms with Gasteiger partial charge in [-0.1, -0.05) is 0 Å². The molecule has 2 heterocycles. The fourth-order valence-electron chi connectivity index (χ4n) is 3.07. The predicted octanol–water partition coefficient (Wildman–Crippen LogP) is 2.86. The van der Waals surface area contributed by atoms with Gasteiger partial charge < -0.3 is 5.32 Å². The molecule has 128 valence electrons. The fraction of sp³-hybridized carbons (Fsp3) is 0.235. The number of nitrogens with one attached hydrogen (secondary N) is 1. The topological polar surface area (TPSA) is 64.0 Å². The van der Waals surface area contributed by atoms with Crippen molar-refractivity contribution in [3.63, 3.8) is 0 Å². The van der Waals surface area contributed by atoms with Crippen molar-refractivity contribution in [2.75, 3.05) is 5.32 Å². The van der Waals surface area contributed by atoms with Crippen molar-refractivity contribution in [3.8, 4) is 0 Å². The molecule has 3 aromatic rings. The Kier molecular flexibility index (Phi) is 3.84. The van der Waals surface area contributed by atoms with Gasteiger partial charge >= 0.3 is 0 Å². The summed E-state index contributed by atoms with van der Waals surface area (Å²) in [6, 6.07) is 2.78. The van der Waals surface area contributed by atoms with E-state index in [1.807, 2.05) is 0 Å². The van der Waals surface area contributed by atoms with Crippen molar-refractivity contribution < 1.29 is 13.6 Å². The molecule has 0 bridgehead atoms. The zero-order valence-electron chi connectivity index (χ0n) is 13.0. The minimum Gasteiger partial charge on any atom is -0.322 e. The fourth-order valence-corrected chi connectivity index (χ4v) is 4.29.